The number of ether oxygens (including phenoxy) is 1. The van der Waals surface area contributed by atoms with E-state index in [1.165, 1.54) is 14.2 Å². The number of halogens is 1. The van der Waals surface area contributed by atoms with Crippen molar-refractivity contribution in [2.75, 3.05) is 31.8 Å². The second-order valence-electron chi connectivity index (χ2n) is 2.86. The van der Waals surface area contributed by atoms with Gasteiger partial charge in [-0.3, -0.25) is 0 Å². The van der Waals surface area contributed by atoms with Crippen LogP contribution in [0.2, 0.25) is 5.28 Å². The smallest absolute Gasteiger partial charge is 0.322 e. The zero-order valence-corrected chi connectivity index (χ0v) is 10.8. The van der Waals surface area contributed by atoms with Crippen LogP contribution in [0.4, 0.5) is 5.95 Å². The minimum absolute atomic E-state index is 0.0316. The first-order chi connectivity index (χ1) is 7.96. The predicted octanol–water partition coefficient (Wildman–Crippen LogP) is -0.505. The maximum absolute atomic E-state index is 11.1. The first kappa shape index (κ1) is 13.9. The molecule has 0 aliphatic rings. The lowest BCUT2D eigenvalue weighted by Crippen LogP contribution is -2.26. The molecule has 0 aliphatic carbocycles. The summed E-state index contributed by atoms with van der Waals surface area (Å²) in [5, 5.41) is 2.67. The van der Waals surface area contributed by atoms with Crippen molar-refractivity contribution in [1.82, 2.24) is 19.7 Å². The minimum atomic E-state index is -3.26. The lowest BCUT2D eigenvalue weighted by molar-refractivity contribution is 0.379. The fourth-order valence-corrected chi connectivity index (χ4v) is 1.63. The summed E-state index contributed by atoms with van der Waals surface area (Å²) in [4.78, 5) is 11.3. The van der Waals surface area contributed by atoms with E-state index in [2.05, 4.69) is 25.0 Å². The SMILES string of the molecule is CNS(=O)(=O)CCNc1nc(Cl)nc(OC)n1. The number of methoxy groups -OCH3 is 1. The molecule has 0 saturated carbocycles. The molecular weight excluding hydrogens is 270 g/mol. The Balaban J connectivity index is 2.61. The van der Waals surface area contributed by atoms with Crippen molar-refractivity contribution >= 4 is 27.6 Å². The molecule has 1 aromatic heterocycles. The number of nitrogens with zero attached hydrogens (tertiary/aromatic N) is 3. The molecule has 0 fully saturated rings. The summed E-state index contributed by atoms with van der Waals surface area (Å²) in [5.74, 6) is 0.0583. The molecule has 0 radical (unpaired) electrons. The molecule has 0 aromatic carbocycles. The zero-order valence-electron chi connectivity index (χ0n) is 9.27. The number of aromatic nitrogens is 3. The fraction of sp³-hybridized carbons (Fsp3) is 0.571. The van der Waals surface area contributed by atoms with Gasteiger partial charge >= 0.3 is 6.01 Å². The van der Waals surface area contributed by atoms with Crippen molar-refractivity contribution in [1.29, 1.82) is 0 Å². The molecule has 0 atom stereocenters. The van der Waals surface area contributed by atoms with E-state index in [1.807, 2.05) is 0 Å². The van der Waals surface area contributed by atoms with Crippen LogP contribution >= 0.6 is 11.6 Å². The molecule has 1 rings (SSSR count). The summed E-state index contributed by atoms with van der Waals surface area (Å²) in [5.41, 5.74) is 0. The van der Waals surface area contributed by atoms with Gasteiger partial charge in [0.25, 0.3) is 0 Å². The van der Waals surface area contributed by atoms with E-state index in [0.29, 0.717) is 0 Å². The quantitative estimate of drug-likeness (QED) is 0.723. The normalized spacial score (nSPS) is 11.2. The third-order valence-electron chi connectivity index (χ3n) is 1.74. The third-order valence-corrected chi connectivity index (χ3v) is 3.27. The Bertz CT molecular complexity index is 480. The van der Waals surface area contributed by atoms with Crippen LogP contribution in [0.3, 0.4) is 0 Å². The largest absolute Gasteiger partial charge is 0.467 e. The van der Waals surface area contributed by atoms with Crippen molar-refractivity contribution < 1.29 is 13.2 Å². The molecule has 0 saturated heterocycles. The molecule has 96 valence electrons. The topological polar surface area (TPSA) is 106 Å². The lowest BCUT2D eigenvalue weighted by Gasteiger charge is -2.06. The monoisotopic (exact) mass is 281 g/mol. The van der Waals surface area contributed by atoms with Crippen LogP contribution in [0.15, 0.2) is 0 Å². The predicted molar refractivity (Wildman–Crippen MR) is 62.7 cm³/mol. The second-order valence-corrected chi connectivity index (χ2v) is 5.25. The summed E-state index contributed by atoms with van der Waals surface area (Å²) >= 11 is 5.61. The van der Waals surface area contributed by atoms with E-state index in [-0.39, 0.29) is 29.5 Å². The maximum Gasteiger partial charge on any atom is 0.322 e. The van der Waals surface area contributed by atoms with Crippen molar-refractivity contribution in [2.45, 2.75) is 0 Å². The van der Waals surface area contributed by atoms with Gasteiger partial charge in [0.1, 0.15) is 0 Å². The molecule has 8 nitrogen and oxygen atoms in total. The number of sulfonamides is 1. The van der Waals surface area contributed by atoms with Gasteiger partial charge in [-0.1, -0.05) is 0 Å². The molecule has 17 heavy (non-hydrogen) atoms. The lowest BCUT2D eigenvalue weighted by atomic mass is 10.7. The van der Waals surface area contributed by atoms with Crippen LogP contribution in [0, 0.1) is 0 Å². The minimum Gasteiger partial charge on any atom is -0.467 e. The highest BCUT2D eigenvalue weighted by molar-refractivity contribution is 7.89. The van der Waals surface area contributed by atoms with E-state index < -0.39 is 10.0 Å². The summed E-state index contributed by atoms with van der Waals surface area (Å²) in [6, 6.07) is 0.0592. The maximum atomic E-state index is 11.1. The first-order valence-corrected chi connectivity index (χ1v) is 6.60. The van der Waals surface area contributed by atoms with Gasteiger partial charge in [-0.2, -0.15) is 15.0 Å². The number of hydrogen-bond donors (Lipinski definition) is 2. The van der Waals surface area contributed by atoms with Crippen LogP contribution in [0.25, 0.3) is 0 Å². The van der Waals surface area contributed by atoms with E-state index >= 15 is 0 Å². The molecular formula is C7H12ClN5O3S. The highest BCUT2D eigenvalue weighted by Gasteiger charge is 2.08. The Hall–Kier alpha value is -1.19. The van der Waals surface area contributed by atoms with Crippen LogP contribution < -0.4 is 14.8 Å². The third kappa shape index (κ3) is 4.67. The Labute approximate surface area is 104 Å². The standard InChI is InChI=1S/C7H12ClN5O3S/c1-9-17(14,15)4-3-10-6-11-5(8)12-7(13-6)16-2/h9H,3-4H2,1-2H3,(H,10,11,12,13). The van der Waals surface area contributed by atoms with Gasteiger partial charge in [0, 0.05) is 6.54 Å². The number of nitrogens with one attached hydrogen (secondary N) is 2. The van der Waals surface area contributed by atoms with Gasteiger partial charge < -0.3 is 10.1 Å². The molecule has 1 heterocycles. The second kappa shape index (κ2) is 5.94. The van der Waals surface area contributed by atoms with Crippen LogP contribution in [-0.2, 0) is 10.0 Å². The van der Waals surface area contributed by atoms with Crippen LogP contribution in [0.1, 0.15) is 0 Å². The highest BCUT2D eigenvalue weighted by Crippen LogP contribution is 2.10. The number of hydrogen-bond acceptors (Lipinski definition) is 7. The summed E-state index contributed by atoms with van der Waals surface area (Å²) in [7, 11) is -0.528. The van der Waals surface area contributed by atoms with E-state index in [9.17, 15) is 8.42 Å². The van der Waals surface area contributed by atoms with Gasteiger partial charge in [0.2, 0.25) is 21.3 Å². The van der Waals surface area contributed by atoms with Crippen LogP contribution in [0.5, 0.6) is 6.01 Å². The van der Waals surface area contributed by atoms with Gasteiger partial charge in [-0.05, 0) is 18.6 Å². The Kier molecular flexibility index (Phi) is 4.85. The fourth-order valence-electron chi connectivity index (χ4n) is 0.902. The van der Waals surface area contributed by atoms with E-state index in [0.717, 1.165) is 0 Å². The summed E-state index contributed by atoms with van der Waals surface area (Å²) in [6.07, 6.45) is 0. The molecule has 0 spiro atoms. The molecule has 0 amide bonds. The van der Waals surface area contributed by atoms with E-state index in [1.54, 1.807) is 0 Å². The van der Waals surface area contributed by atoms with Gasteiger partial charge in [0.05, 0.1) is 12.9 Å². The number of rotatable bonds is 6. The molecule has 0 unspecified atom stereocenters. The molecule has 10 heteroatoms. The molecule has 2 N–H and O–H groups in total. The summed E-state index contributed by atoms with van der Waals surface area (Å²) < 4.78 is 29.2. The zero-order chi connectivity index (χ0) is 12.9. The van der Waals surface area contributed by atoms with Crippen LogP contribution in [-0.4, -0.2) is 49.8 Å². The average Bonchev–Trinajstić information content (AvgIpc) is 2.28. The molecule has 1 aromatic rings. The van der Waals surface area contributed by atoms with Gasteiger partial charge in [-0.25, -0.2) is 13.1 Å². The average molecular weight is 282 g/mol. The summed E-state index contributed by atoms with van der Waals surface area (Å²) in [6.45, 7) is 0.146. The Morgan fingerprint density at radius 1 is 1.35 bits per heavy atom. The van der Waals surface area contributed by atoms with Crippen molar-refractivity contribution in [2.24, 2.45) is 0 Å². The first-order valence-electron chi connectivity index (χ1n) is 4.57. The Morgan fingerprint density at radius 3 is 2.65 bits per heavy atom. The van der Waals surface area contributed by atoms with E-state index in [4.69, 9.17) is 16.3 Å². The van der Waals surface area contributed by atoms with Crippen molar-refractivity contribution in [3.63, 3.8) is 0 Å². The van der Waals surface area contributed by atoms with Gasteiger partial charge in [0.15, 0.2) is 0 Å². The Morgan fingerprint density at radius 2 is 2.06 bits per heavy atom. The van der Waals surface area contributed by atoms with Gasteiger partial charge in [-0.15, -0.1) is 0 Å². The highest BCUT2D eigenvalue weighted by atomic mass is 35.5. The number of anilines is 1. The van der Waals surface area contributed by atoms with Crippen molar-refractivity contribution in [3.05, 3.63) is 5.28 Å². The molecule has 0 bridgehead atoms. The molecule has 0 aliphatic heterocycles. The van der Waals surface area contributed by atoms with Crippen molar-refractivity contribution in [3.8, 4) is 6.01 Å².